The average molecular weight is 332 g/mol. The lowest BCUT2D eigenvalue weighted by atomic mass is 10.2. The standard InChI is InChI=1S/C17H17FN2O4/c1-23-12-7-8-14(15(9-12)24-2)20-17(22)16(21)19-10-11-5-3-4-6-13(11)18/h3-9H,10H2,1-2H3,(H,19,21)(H,20,22). The SMILES string of the molecule is COc1ccc(NC(=O)C(=O)NCc2ccccc2F)c(OC)c1. The molecule has 7 heteroatoms. The Morgan fingerprint density at radius 1 is 1.04 bits per heavy atom. The van der Waals surface area contributed by atoms with Crippen LogP contribution >= 0.6 is 0 Å². The molecule has 0 bridgehead atoms. The number of halogens is 1. The summed E-state index contributed by atoms with van der Waals surface area (Å²) in [6, 6.07) is 10.8. The number of ether oxygens (including phenoxy) is 2. The van der Waals surface area contributed by atoms with Crippen molar-refractivity contribution in [2.45, 2.75) is 6.54 Å². The summed E-state index contributed by atoms with van der Waals surface area (Å²) in [6.07, 6.45) is 0. The highest BCUT2D eigenvalue weighted by molar-refractivity contribution is 6.39. The fourth-order valence-electron chi connectivity index (χ4n) is 1.98. The minimum atomic E-state index is -0.880. The van der Waals surface area contributed by atoms with Crippen LogP contribution in [0.25, 0.3) is 0 Å². The van der Waals surface area contributed by atoms with Crippen LogP contribution in [0.1, 0.15) is 5.56 Å². The molecule has 0 aliphatic rings. The van der Waals surface area contributed by atoms with Crippen molar-refractivity contribution >= 4 is 17.5 Å². The number of methoxy groups -OCH3 is 2. The predicted molar refractivity (Wildman–Crippen MR) is 86.4 cm³/mol. The lowest BCUT2D eigenvalue weighted by molar-refractivity contribution is -0.136. The lowest BCUT2D eigenvalue weighted by Gasteiger charge is -2.11. The number of hydrogen-bond donors (Lipinski definition) is 2. The van der Waals surface area contributed by atoms with Gasteiger partial charge in [-0.1, -0.05) is 18.2 Å². The molecule has 6 nitrogen and oxygen atoms in total. The molecule has 2 aromatic carbocycles. The number of hydrogen-bond acceptors (Lipinski definition) is 4. The van der Waals surface area contributed by atoms with Gasteiger partial charge in [0.1, 0.15) is 17.3 Å². The van der Waals surface area contributed by atoms with Crippen molar-refractivity contribution in [1.82, 2.24) is 5.32 Å². The number of nitrogens with one attached hydrogen (secondary N) is 2. The van der Waals surface area contributed by atoms with Gasteiger partial charge in [-0.2, -0.15) is 0 Å². The first-order chi connectivity index (χ1) is 11.5. The Morgan fingerprint density at radius 3 is 2.46 bits per heavy atom. The van der Waals surface area contributed by atoms with Gasteiger partial charge in [0.25, 0.3) is 0 Å². The summed E-state index contributed by atoms with van der Waals surface area (Å²) in [5, 5.41) is 4.80. The second kappa shape index (κ2) is 7.96. The van der Waals surface area contributed by atoms with E-state index in [0.717, 1.165) is 0 Å². The highest BCUT2D eigenvalue weighted by Gasteiger charge is 2.16. The highest BCUT2D eigenvalue weighted by atomic mass is 19.1. The first-order valence-corrected chi connectivity index (χ1v) is 7.09. The number of anilines is 1. The molecule has 2 rings (SSSR count). The molecule has 0 aromatic heterocycles. The Labute approximate surface area is 138 Å². The van der Waals surface area contributed by atoms with Crippen LogP contribution in [0.3, 0.4) is 0 Å². The fourth-order valence-corrected chi connectivity index (χ4v) is 1.98. The maximum atomic E-state index is 13.5. The zero-order chi connectivity index (χ0) is 17.5. The summed E-state index contributed by atoms with van der Waals surface area (Å²) in [6.45, 7) is -0.0846. The van der Waals surface area contributed by atoms with Crippen molar-refractivity contribution in [2.75, 3.05) is 19.5 Å². The Balaban J connectivity index is 1.99. The molecule has 0 saturated carbocycles. The maximum absolute atomic E-state index is 13.5. The van der Waals surface area contributed by atoms with Crippen molar-refractivity contribution < 1.29 is 23.5 Å². The molecule has 0 fully saturated rings. The van der Waals surface area contributed by atoms with Crippen LogP contribution in [0.2, 0.25) is 0 Å². The Morgan fingerprint density at radius 2 is 1.79 bits per heavy atom. The molecule has 126 valence electrons. The second-order valence-corrected chi connectivity index (χ2v) is 4.79. The molecule has 0 radical (unpaired) electrons. The minimum Gasteiger partial charge on any atom is -0.497 e. The molecule has 2 N–H and O–H groups in total. The van der Waals surface area contributed by atoms with Crippen LogP contribution in [0.5, 0.6) is 11.5 Å². The van der Waals surface area contributed by atoms with E-state index in [1.165, 1.54) is 26.4 Å². The van der Waals surface area contributed by atoms with Gasteiger partial charge >= 0.3 is 11.8 Å². The summed E-state index contributed by atoms with van der Waals surface area (Å²) >= 11 is 0. The number of rotatable bonds is 5. The van der Waals surface area contributed by atoms with Gasteiger partial charge in [0.15, 0.2) is 0 Å². The molecule has 2 aromatic rings. The first kappa shape index (κ1) is 17.3. The van der Waals surface area contributed by atoms with Crippen molar-refractivity contribution in [3.05, 3.63) is 53.8 Å². The summed E-state index contributed by atoms with van der Waals surface area (Å²) < 4.78 is 23.7. The van der Waals surface area contributed by atoms with Crippen molar-refractivity contribution in [3.63, 3.8) is 0 Å². The van der Waals surface area contributed by atoms with Crippen LogP contribution in [-0.2, 0) is 16.1 Å². The van der Waals surface area contributed by atoms with E-state index in [1.807, 2.05) is 0 Å². The molecule has 2 amide bonds. The third kappa shape index (κ3) is 4.22. The van der Waals surface area contributed by atoms with E-state index < -0.39 is 17.6 Å². The van der Waals surface area contributed by atoms with Crippen molar-refractivity contribution in [2.24, 2.45) is 0 Å². The van der Waals surface area contributed by atoms with E-state index in [9.17, 15) is 14.0 Å². The Kier molecular flexibility index (Phi) is 5.73. The van der Waals surface area contributed by atoms with Gasteiger partial charge in [0, 0.05) is 18.2 Å². The average Bonchev–Trinajstić information content (AvgIpc) is 2.61. The molecular formula is C17H17FN2O4. The normalized spacial score (nSPS) is 9.96. The number of benzene rings is 2. The molecule has 0 unspecified atom stereocenters. The summed E-state index contributed by atoms with van der Waals surface area (Å²) in [5.41, 5.74) is 0.616. The zero-order valence-electron chi connectivity index (χ0n) is 13.3. The number of amides is 2. The number of carbonyl (C=O) groups is 2. The quantitative estimate of drug-likeness (QED) is 0.822. The van der Waals surface area contributed by atoms with Gasteiger partial charge in [0.2, 0.25) is 0 Å². The van der Waals surface area contributed by atoms with Gasteiger partial charge < -0.3 is 20.1 Å². The van der Waals surface area contributed by atoms with E-state index in [2.05, 4.69) is 10.6 Å². The van der Waals surface area contributed by atoms with E-state index in [4.69, 9.17) is 9.47 Å². The molecule has 24 heavy (non-hydrogen) atoms. The minimum absolute atomic E-state index is 0.0846. The monoisotopic (exact) mass is 332 g/mol. The number of carbonyl (C=O) groups excluding carboxylic acids is 2. The topological polar surface area (TPSA) is 76.7 Å². The van der Waals surface area contributed by atoms with E-state index in [1.54, 1.807) is 30.3 Å². The van der Waals surface area contributed by atoms with Gasteiger partial charge in [-0.25, -0.2) is 4.39 Å². The first-order valence-electron chi connectivity index (χ1n) is 7.09. The molecule has 0 saturated heterocycles. The Hall–Kier alpha value is -3.09. The third-order valence-electron chi connectivity index (χ3n) is 3.26. The van der Waals surface area contributed by atoms with Gasteiger partial charge in [-0.3, -0.25) is 9.59 Å². The van der Waals surface area contributed by atoms with Crippen molar-refractivity contribution in [1.29, 1.82) is 0 Å². The molecule has 0 aliphatic heterocycles. The van der Waals surface area contributed by atoms with Gasteiger partial charge in [0.05, 0.1) is 19.9 Å². The zero-order valence-corrected chi connectivity index (χ0v) is 13.3. The second-order valence-electron chi connectivity index (χ2n) is 4.79. The highest BCUT2D eigenvalue weighted by Crippen LogP contribution is 2.28. The van der Waals surface area contributed by atoms with Gasteiger partial charge in [-0.05, 0) is 18.2 Å². The van der Waals surface area contributed by atoms with E-state index in [0.29, 0.717) is 22.7 Å². The molecule has 0 heterocycles. The van der Waals surface area contributed by atoms with Gasteiger partial charge in [-0.15, -0.1) is 0 Å². The fraction of sp³-hybridized carbons (Fsp3) is 0.176. The molecule has 0 aliphatic carbocycles. The summed E-state index contributed by atoms with van der Waals surface area (Å²) in [5.74, 6) is -1.31. The molecule has 0 spiro atoms. The summed E-state index contributed by atoms with van der Waals surface area (Å²) in [7, 11) is 2.94. The molecular weight excluding hydrogens is 315 g/mol. The molecule has 0 atom stereocenters. The predicted octanol–water partition coefficient (Wildman–Crippen LogP) is 2.10. The van der Waals surface area contributed by atoms with Crippen molar-refractivity contribution in [3.8, 4) is 11.5 Å². The Bertz CT molecular complexity index is 749. The van der Waals surface area contributed by atoms with Crippen LogP contribution < -0.4 is 20.1 Å². The van der Waals surface area contributed by atoms with Crippen LogP contribution in [-0.4, -0.2) is 26.0 Å². The van der Waals surface area contributed by atoms with Crippen LogP contribution in [0, 0.1) is 5.82 Å². The third-order valence-corrected chi connectivity index (χ3v) is 3.26. The van der Waals surface area contributed by atoms with E-state index >= 15 is 0 Å². The smallest absolute Gasteiger partial charge is 0.313 e. The maximum Gasteiger partial charge on any atom is 0.313 e. The largest absolute Gasteiger partial charge is 0.497 e. The summed E-state index contributed by atoms with van der Waals surface area (Å²) in [4.78, 5) is 23.8. The van der Waals surface area contributed by atoms with Crippen LogP contribution in [0.4, 0.5) is 10.1 Å². The lowest BCUT2D eigenvalue weighted by Crippen LogP contribution is -2.35. The van der Waals surface area contributed by atoms with Crippen LogP contribution in [0.15, 0.2) is 42.5 Å². The van der Waals surface area contributed by atoms with E-state index in [-0.39, 0.29) is 6.54 Å².